The van der Waals surface area contributed by atoms with Crippen molar-refractivity contribution in [1.82, 2.24) is 0 Å². The van der Waals surface area contributed by atoms with Gasteiger partial charge in [-0.3, -0.25) is 0 Å². The molecule has 0 fully saturated rings. The molecule has 0 heterocycles. The van der Waals surface area contributed by atoms with Gasteiger partial charge in [0.05, 0.1) is 0 Å². The van der Waals surface area contributed by atoms with Crippen LogP contribution in [0.1, 0.15) is 27.7 Å². The molecule has 0 aliphatic rings. The molecule has 0 saturated carbocycles. The van der Waals surface area contributed by atoms with Crippen LogP contribution in [0.25, 0.3) is 32.7 Å². The van der Waals surface area contributed by atoms with Gasteiger partial charge in [0, 0.05) is 5.56 Å². The van der Waals surface area contributed by atoms with Crippen LogP contribution >= 0.6 is 0 Å². The van der Waals surface area contributed by atoms with Crippen molar-refractivity contribution in [3.63, 3.8) is 0 Å². The molecule has 0 saturated heterocycles. The van der Waals surface area contributed by atoms with E-state index in [1.54, 1.807) is 6.07 Å². The maximum Gasteiger partial charge on any atom is 0.124 e. The minimum Gasteiger partial charge on any atom is -0.507 e. The molecule has 6 heteroatoms. The van der Waals surface area contributed by atoms with Crippen LogP contribution in [0.5, 0.6) is 5.75 Å². The molecular weight excluding hydrogens is 595 g/mol. The van der Waals surface area contributed by atoms with E-state index in [1.165, 1.54) is 5.39 Å². The second-order valence-electron chi connectivity index (χ2n) is 7.99. The summed E-state index contributed by atoms with van der Waals surface area (Å²) in [5.41, 5.74) is 1.98. The van der Waals surface area contributed by atoms with Gasteiger partial charge in [0.1, 0.15) is 5.75 Å². The van der Waals surface area contributed by atoms with Crippen molar-refractivity contribution in [2.24, 2.45) is 2.99 Å². The Morgan fingerprint density at radius 1 is 0.719 bits per heavy atom. The van der Waals surface area contributed by atoms with Gasteiger partial charge in [-0.25, -0.2) is 0 Å². The Kier molecular flexibility index (Phi) is 8.72. The zero-order valence-corrected chi connectivity index (χ0v) is 23.3. The van der Waals surface area contributed by atoms with Crippen molar-refractivity contribution >= 4 is 45.5 Å². The molecular formula is C26H28NO4Tl. The standard InChI is InChI=1S/C20H14O.2C3H7O.NO.Tl/c21-19-13-12-15-7-2-4-10-17(15)20(19)18-11-5-8-14-6-1-3-9-16(14)18;2*1-3(2)4;1-2;/h1-13,21H;2*3H,1-2H3;;/q;3*-1;+3. The summed E-state index contributed by atoms with van der Waals surface area (Å²) in [7, 11) is 0. The van der Waals surface area contributed by atoms with Gasteiger partial charge >= 0.3 is 77.1 Å². The van der Waals surface area contributed by atoms with Crippen LogP contribution < -0.4 is 0 Å². The van der Waals surface area contributed by atoms with Crippen LogP contribution in [0.15, 0.2) is 81.8 Å². The third-order valence-corrected chi connectivity index (χ3v) is 11.5. The molecule has 0 aliphatic carbocycles. The molecule has 0 spiro atoms. The van der Waals surface area contributed by atoms with E-state index in [4.69, 9.17) is 5.37 Å². The number of phenols is 1. The summed E-state index contributed by atoms with van der Waals surface area (Å²) in [6.45, 7) is 7.51. The Bertz CT molecular complexity index is 1180. The first kappa shape index (κ1) is 24.3. The second kappa shape index (κ2) is 11.5. The Morgan fingerprint density at radius 3 is 1.84 bits per heavy atom. The number of phenolic OH excluding ortho intramolecular Hbond substituents is 1. The summed E-state index contributed by atoms with van der Waals surface area (Å²) in [5.74, 6) is 0.324. The van der Waals surface area contributed by atoms with Crippen LogP contribution in [-0.4, -0.2) is 41.2 Å². The van der Waals surface area contributed by atoms with E-state index >= 15 is 0 Å². The number of hydrogen-bond acceptors (Lipinski definition) is 5. The monoisotopic (exact) mass is 623 g/mol. The van der Waals surface area contributed by atoms with E-state index in [1.807, 2.05) is 64.1 Å². The van der Waals surface area contributed by atoms with Gasteiger partial charge in [0.25, 0.3) is 0 Å². The van der Waals surface area contributed by atoms with Gasteiger partial charge < -0.3 is 5.11 Å². The van der Waals surface area contributed by atoms with Crippen LogP contribution in [0, 0.1) is 4.91 Å². The number of rotatable bonds is 6. The average Bonchev–Trinajstić information content (AvgIpc) is 2.78. The first-order chi connectivity index (χ1) is 15.4. The van der Waals surface area contributed by atoms with Gasteiger partial charge in [-0.15, -0.1) is 0 Å². The number of fused-ring (bicyclic) bond motifs is 2. The van der Waals surface area contributed by atoms with Crippen molar-refractivity contribution in [3.05, 3.63) is 83.8 Å². The molecule has 0 unspecified atom stereocenters. The molecule has 0 radical (unpaired) electrons. The fourth-order valence-corrected chi connectivity index (χ4v) is 7.79. The number of aromatic hydroxyl groups is 1. The predicted octanol–water partition coefficient (Wildman–Crippen LogP) is 6.95. The Morgan fingerprint density at radius 2 is 1.25 bits per heavy atom. The summed E-state index contributed by atoms with van der Waals surface area (Å²) in [5, 5.41) is 15.0. The van der Waals surface area contributed by atoms with Crippen molar-refractivity contribution in [3.8, 4) is 16.9 Å². The molecule has 0 bridgehead atoms. The molecule has 4 rings (SSSR count). The van der Waals surface area contributed by atoms with E-state index < -0.39 is 23.9 Å². The van der Waals surface area contributed by atoms with Crippen molar-refractivity contribution in [1.29, 1.82) is 0 Å². The summed E-state index contributed by atoms with van der Waals surface area (Å²) in [6.07, 6.45) is 0.108. The van der Waals surface area contributed by atoms with Crippen LogP contribution in [-0.2, 0) is 5.37 Å². The second-order valence-corrected chi connectivity index (χ2v) is 13.3. The maximum atomic E-state index is 10.4. The van der Waals surface area contributed by atoms with Crippen molar-refractivity contribution < 1.29 is 10.5 Å². The van der Waals surface area contributed by atoms with Crippen molar-refractivity contribution in [2.45, 2.75) is 39.9 Å². The van der Waals surface area contributed by atoms with Gasteiger partial charge in [0.15, 0.2) is 0 Å². The molecule has 32 heavy (non-hydrogen) atoms. The minimum atomic E-state index is -3.04. The maximum absolute atomic E-state index is 10.4. The molecule has 4 aromatic carbocycles. The number of hydrogen-bond donors (Lipinski definition) is 1. The average molecular weight is 623 g/mol. The fourth-order valence-electron chi connectivity index (χ4n) is 3.53. The topological polar surface area (TPSA) is 68.1 Å². The smallest absolute Gasteiger partial charge is 0.124 e. The zero-order valence-electron chi connectivity index (χ0n) is 18.9. The van der Waals surface area contributed by atoms with Gasteiger partial charge in [0.2, 0.25) is 0 Å². The third kappa shape index (κ3) is 6.12. The zero-order chi connectivity index (χ0) is 23.1. The normalized spacial score (nSPS) is 10.9. The fraction of sp³-hybridized carbons (Fsp3) is 0.231. The largest absolute Gasteiger partial charge is 0.507 e. The van der Waals surface area contributed by atoms with Crippen LogP contribution in [0.4, 0.5) is 0 Å². The number of nitroso groups, excluding NO2 is 1. The van der Waals surface area contributed by atoms with E-state index in [2.05, 4.69) is 39.4 Å². The molecule has 1 N–H and O–H groups in total. The summed E-state index contributed by atoms with van der Waals surface area (Å²) >= 11 is -3.04. The first-order valence-corrected chi connectivity index (χ1v) is 16.4. The van der Waals surface area contributed by atoms with E-state index in [9.17, 15) is 10.0 Å². The Hall–Kier alpha value is -2.36. The first-order valence-electron chi connectivity index (χ1n) is 10.7. The number of nitrogens with zero attached hydrogens (tertiary/aromatic N) is 1. The summed E-state index contributed by atoms with van der Waals surface area (Å²) in [4.78, 5) is 10.2. The Labute approximate surface area is 198 Å². The molecule has 4 aromatic rings. The van der Waals surface area contributed by atoms with Crippen LogP contribution in [0.3, 0.4) is 0 Å². The van der Waals surface area contributed by atoms with Gasteiger partial charge in [-0.1, -0.05) is 72.8 Å². The molecule has 0 aromatic heterocycles. The quantitative estimate of drug-likeness (QED) is 0.187. The molecule has 5 nitrogen and oxygen atoms in total. The molecule has 164 valence electrons. The third-order valence-electron chi connectivity index (χ3n) is 4.83. The van der Waals surface area contributed by atoms with Gasteiger partial charge in [-0.05, 0) is 33.2 Å². The Balaban J connectivity index is 0.000000226. The van der Waals surface area contributed by atoms with E-state index in [-0.39, 0.29) is 12.2 Å². The van der Waals surface area contributed by atoms with Gasteiger partial charge in [-0.2, -0.15) is 0 Å². The SMILES string of the molecule is CC(C)[O][Tl]([N]=O)[O]C(C)C.Oc1ccc2ccccc2c1-c1cccc2ccccc12. The van der Waals surface area contributed by atoms with Crippen molar-refractivity contribution in [2.75, 3.05) is 0 Å². The molecule has 0 amide bonds. The predicted molar refractivity (Wildman–Crippen MR) is 133 cm³/mol. The summed E-state index contributed by atoms with van der Waals surface area (Å²) in [6, 6.07) is 26.4. The minimum absolute atomic E-state index is 0.0538. The van der Waals surface area contributed by atoms with E-state index in [0.29, 0.717) is 5.75 Å². The molecule has 0 aliphatic heterocycles. The molecule has 0 atom stereocenters. The van der Waals surface area contributed by atoms with Crippen LogP contribution in [0.2, 0.25) is 0 Å². The number of benzene rings is 4. The van der Waals surface area contributed by atoms with E-state index in [0.717, 1.165) is 27.3 Å². The summed E-state index contributed by atoms with van der Waals surface area (Å²) < 4.78 is 13.4.